The molecule has 2 rings (SSSR count). The number of carbonyl (C=O) groups excluding carboxylic acids is 1. The highest BCUT2D eigenvalue weighted by Gasteiger charge is 2.12. The van der Waals surface area contributed by atoms with E-state index in [1.54, 1.807) is 12.1 Å². The second-order valence-corrected chi connectivity index (χ2v) is 3.71. The van der Waals surface area contributed by atoms with Gasteiger partial charge in [0.05, 0.1) is 17.7 Å². The molecular formula is C12H8ClFO2. The summed E-state index contributed by atoms with van der Waals surface area (Å²) in [6.07, 6.45) is 1.62. The third kappa shape index (κ3) is 2.31. The quantitative estimate of drug-likeness (QED) is 0.766. The molecule has 1 heterocycles. The molecule has 2 aromatic rings. The van der Waals surface area contributed by atoms with E-state index in [0.717, 1.165) is 6.07 Å². The highest BCUT2D eigenvalue weighted by Crippen LogP contribution is 2.19. The van der Waals surface area contributed by atoms with Gasteiger partial charge in [-0.25, -0.2) is 4.39 Å². The van der Waals surface area contributed by atoms with Crippen LogP contribution in [0.15, 0.2) is 41.0 Å². The van der Waals surface area contributed by atoms with Gasteiger partial charge in [0.1, 0.15) is 11.6 Å². The van der Waals surface area contributed by atoms with Gasteiger partial charge in [-0.15, -0.1) is 0 Å². The van der Waals surface area contributed by atoms with Crippen molar-refractivity contribution in [1.29, 1.82) is 0 Å². The number of benzene rings is 1. The number of halogens is 2. The number of carbonyl (C=O) groups is 1. The first-order valence-corrected chi connectivity index (χ1v) is 5.05. The standard InChI is InChI=1S/C12H8ClFO2/c13-11-6-8(14)3-4-10(11)12(15)7-9-2-1-5-16-9/h1-6H,7H2. The number of hydrogen-bond donors (Lipinski definition) is 0. The maximum absolute atomic E-state index is 12.8. The Bertz CT molecular complexity index is 506. The monoisotopic (exact) mass is 238 g/mol. The van der Waals surface area contributed by atoms with Crippen LogP contribution in [-0.4, -0.2) is 5.78 Å². The molecule has 0 saturated heterocycles. The minimum atomic E-state index is -0.459. The van der Waals surface area contributed by atoms with Gasteiger partial charge in [-0.2, -0.15) is 0 Å². The summed E-state index contributed by atoms with van der Waals surface area (Å²) in [6, 6.07) is 7.12. The number of rotatable bonds is 3. The number of furan rings is 1. The molecule has 0 atom stereocenters. The molecule has 0 bridgehead atoms. The van der Waals surface area contributed by atoms with Crippen molar-refractivity contribution < 1.29 is 13.6 Å². The van der Waals surface area contributed by atoms with Crippen LogP contribution in [0.5, 0.6) is 0 Å². The Kier molecular flexibility index (Phi) is 3.06. The van der Waals surface area contributed by atoms with Crippen molar-refractivity contribution in [3.8, 4) is 0 Å². The lowest BCUT2D eigenvalue weighted by atomic mass is 10.1. The van der Waals surface area contributed by atoms with Crippen molar-refractivity contribution in [3.63, 3.8) is 0 Å². The Labute approximate surface area is 96.6 Å². The van der Waals surface area contributed by atoms with E-state index in [1.807, 2.05) is 0 Å². The van der Waals surface area contributed by atoms with Crippen molar-refractivity contribution in [2.45, 2.75) is 6.42 Å². The van der Waals surface area contributed by atoms with Crippen LogP contribution in [0.3, 0.4) is 0 Å². The van der Waals surface area contributed by atoms with Crippen LogP contribution in [-0.2, 0) is 6.42 Å². The van der Waals surface area contributed by atoms with Crippen LogP contribution >= 0.6 is 11.6 Å². The molecule has 1 aromatic heterocycles. The summed E-state index contributed by atoms with van der Waals surface area (Å²) < 4.78 is 17.8. The predicted molar refractivity (Wildman–Crippen MR) is 58.2 cm³/mol. The van der Waals surface area contributed by atoms with E-state index in [0.29, 0.717) is 11.3 Å². The van der Waals surface area contributed by atoms with Crippen molar-refractivity contribution in [3.05, 3.63) is 58.8 Å². The average molecular weight is 239 g/mol. The zero-order chi connectivity index (χ0) is 11.5. The molecule has 82 valence electrons. The molecule has 0 spiro atoms. The molecule has 0 aliphatic rings. The lowest BCUT2D eigenvalue weighted by Gasteiger charge is -2.01. The van der Waals surface area contributed by atoms with E-state index in [9.17, 15) is 9.18 Å². The SMILES string of the molecule is O=C(Cc1ccco1)c1ccc(F)cc1Cl. The normalized spacial score (nSPS) is 10.4. The first kappa shape index (κ1) is 10.9. The summed E-state index contributed by atoms with van der Waals surface area (Å²) in [6.45, 7) is 0. The van der Waals surface area contributed by atoms with Gasteiger partial charge in [-0.05, 0) is 30.3 Å². The minimum Gasteiger partial charge on any atom is -0.469 e. The maximum Gasteiger partial charge on any atom is 0.171 e. The summed E-state index contributed by atoms with van der Waals surface area (Å²) in [5.41, 5.74) is 0.305. The van der Waals surface area contributed by atoms with E-state index in [4.69, 9.17) is 16.0 Å². The number of ketones is 1. The van der Waals surface area contributed by atoms with E-state index in [2.05, 4.69) is 0 Å². The lowest BCUT2D eigenvalue weighted by molar-refractivity contribution is 0.0987. The van der Waals surface area contributed by atoms with Gasteiger partial charge < -0.3 is 4.42 Å². The van der Waals surface area contributed by atoms with Crippen molar-refractivity contribution in [1.82, 2.24) is 0 Å². The number of hydrogen-bond acceptors (Lipinski definition) is 2. The minimum absolute atomic E-state index is 0.122. The smallest absolute Gasteiger partial charge is 0.171 e. The molecule has 0 saturated carbocycles. The Hall–Kier alpha value is -1.61. The van der Waals surface area contributed by atoms with Crippen LogP contribution in [0.25, 0.3) is 0 Å². The van der Waals surface area contributed by atoms with Gasteiger partial charge in [0.25, 0.3) is 0 Å². The zero-order valence-electron chi connectivity index (χ0n) is 8.24. The second kappa shape index (κ2) is 4.49. The molecule has 0 fully saturated rings. The van der Waals surface area contributed by atoms with Gasteiger partial charge in [0.15, 0.2) is 5.78 Å². The van der Waals surface area contributed by atoms with Crippen LogP contribution in [0, 0.1) is 5.82 Å². The van der Waals surface area contributed by atoms with E-state index in [-0.39, 0.29) is 17.2 Å². The van der Waals surface area contributed by atoms with Gasteiger partial charge in [0, 0.05) is 5.56 Å². The fourth-order valence-electron chi connectivity index (χ4n) is 1.38. The summed E-state index contributed by atoms with van der Waals surface area (Å²) in [5.74, 6) is -0.0927. The molecule has 0 unspecified atom stereocenters. The summed E-state index contributed by atoms with van der Waals surface area (Å²) >= 11 is 5.77. The zero-order valence-corrected chi connectivity index (χ0v) is 9.00. The Morgan fingerprint density at radius 3 is 2.81 bits per heavy atom. The summed E-state index contributed by atoms with van der Waals surface area (Å²) in [5, 5.41) is 0.122. The Balaban J connectivity index is 2.21. The highest BCUT2D eigenvalue weighted by molar-refractivity contribution is 6.34. The largest absolute Gasteiger partial charge is 0.469 e. The first-order chi connectivity index (χ1) is 7.66. The molecule has 0 N–H and O–H groups in total. The van der Waals surface area contributed by atoms with Gasteiger partial charge in [-0.3, -0.25) is 4.79 Å². The maximum atomic E-state index is 12.8. The van der Waals surface area contributed by atoms with Crippen molar-refractivity contribution in [2.75, 3.05) is 0 Å². The topological polar surface area (TPSA) is 30.2 Å². The highest BCUT2D eigenvalue weighted by atomic mass is 35.5. The van der Waals surface area contributed by atoms with Gasteiger partial charge in [-0.1, -0.05) is 11.6 Å². The Morgan fingerprint density at radius 1 is 1.38 bits per heavy atom. The third-order valence-corrected chi connectivity index (χ3v) is 2.46. The van der Waals surface area contributed by atoms with Crippen LogP contribution in [0.1, 0.15) is 16.1 Å². The average Bonchev–Trinajstić information content (AvgIpc) is 2.70. The molecule has 0 aliphatic carbocycles. The summed E-state index contributed by atoms with van der Waals surface area (Å²) in [4.78, 5) is 11.8. The fraction of sp³-hybridized carbons (Fsp3) is 0.0833. The van der Waals surface area contributed by atoms with Gasteiger partial charge >= 0.3 is 0 Å². The van der Waals surface area contributed by atoms with E-state index < -0.39 is 5.82 Å². The van der Waals surface area contributed by atoms with Crippen LogP contribution in [0.4, 0.5) is 4.39 Å². The Morgan fingerprint density at radius 2 is 2.19 bits per heavy atom. The van der Waals surface area contributed by atoms with Crippen LogP contribution in [0.2, 0.25) is 5.02 Å². The van der Waals surface area contributed by atoms with E-state index >= 15 is 0 Å². The molecule has 4 heteroatoms. The number of Topliss-reactive ketones (excluding diaryl/α,β-unsaturated/α-hetero) is 1. The molecular weight excluding hydrogens is 231 g/mol. The molecule has 0 radical (unpaired) electrons. The second-order valence-electron chi connectivity index (χ2n) is 3.30. The molecule has 1 aromatic carbocycles. The van der Waals surface area contributed by atoms with Crippen molar-refractivity contribution >= 4 is 17.4 Å². The fourth-order valence-corrected chi connectivity index (χ4v) is 1.65. The molecule has 2 nitrogen and oxygen atoms in total. The van der Waals surface area contributed by atoms with Crippen LogP contribution < -0.4 is 0 Å². The predicted octanol–water partition coefficient (Wildman–Crippen LogP) is 3.50. The molecule has 0 amide bonds. The lowest BCUT2D eigenvalue weighted by Crippen LogP contribution is -2.03. The third-order valence-electron chi connectivity index (χ3n) is 2.15. The van der Waals surface area contributed by atoms with E-state index in [1.165, 1.54) is 18.4 Å². The van der Waals surface area contributed by atoms with Crippen molar-refractivity contribution in [2.24, 2.45) is 0 Å². The molecule has 16 heavy (non-hydrogen) atoms. The van der Waals surface area contributed by atoms with Gasteiger partial charge in [0.2, 0.25) is 0 Å². The first-order valence-electron chi connectivity index (χ1n) is 4.67. The summed E-state index contributed by atoms with van der Waals surface area (Å²) in [7, 11) is 0. The molecule has 0 aliphatic heterocycles.